The van der Waals surface area contributed by atoms with E-state index in [9.17, 15) is 18.0 Å². The van der Waals surface area contributed by atoms with Crippen LogP contribution in [-0.4, -0.2) is 76.5 Å². The molecule has 12 nitrogen and oxygen atoms in total. The standard InChI is InChI=1S/C28H36N6O6S/c1-18(2)23-15-29-34-24(23)31-27(41(3,37)38)32-26(34)30-21-11-9-20(10-12-21)25(35)40-22-13-14-33(16-22)28(36)39-17-19-7-5-4-6-8-19/h4-8,15,18,20-22H,9-14,16-17H2,1-3H3,(H,30,31,32). The first-order chi connectivity index (χ1) is 19.6. The maximum Gasteiger partial charge on any atom is 0.410 e. The number of carbonyl (C=O) groups is 2. The minimum atomic E-state index is -3.63. The Bertz CT molecular complexity index is 1500. The molecule has 0 bridgehead atoms. The number of sulfone groups is 1. The molecule has 41 heavy (non-hydrogen) atoms. The zero-order valence-electron chi connectivity index (χ0n) is 23.5. The maximum absolute atomic E-state index is 12.9. The van der Waals surface area contributed by atoms with Gasteiger partial charge in [0.25, 0.3) is 5.16 Å². The topological polar surface area (TPSA) is 145 Å². The second-order valence-corrected chi connectivity index (χ2v) is 13.0. The molecule has 1 atom stereocenters. The lowest BCUT2D eigenvalue weighted by Crippen LogP contribution is -2.34. The molecule has 1 aliphatic heterocycles. The van der Waals surface area contributed by atoms with Crippen molar-refractivity contribution in [2.24, 2.45) is 5.92 Å². The zero-order chi connectivity index (χ0) is 29.1. The average molecular weight is 585 g/mol. The summed E-state index contributed by atoms with van der Waals surface area (Å²) in [6.45, 7) is 5.00. The fourth-order valence-electron chi connectivity index (χ4n) is 5.26. The summed E-state index contributed by atoms with van der Waals surface area (Å²) in [4.78, 5) is 35.5. The Morgan fingerprint density at radius 3 is 2.49 bits per heavy atom. The molecule has 5 rings (SSSR count). The van der Waals surface area contributed by atoms with Crippen molar-refractivity contribution in [3.8, 4) is 0 Å². The predicted octanol–water partition coefficient (Wildman–Crippen LogP) is 3.58. The van der Waals surface area contributed by atoms with Crippen LogP contribution >= 0.6 is 0 Å². The summed E-state index contributed by atoms with van der Waals surface area (Å²) in [5, 5.41) is 7.49. The third-order valence-electron chi connectivity index (χ3n) is 7.61. The molecule has 1 saturated heterocycles. The van der Waals surface area contributed by atoms with Crippen LogP contribution < -0.4 is 5.32 Å². The first-order valence-electron chi connectivity index (χ1n) is 14.0. The van der Waals surface area contributed by atoms with Gasteiger partial charge >= 0.3 is 12.1 Å². The Kier molecular flexibility index (Phi) is 8.43. The van der Waals surface area contributed by atoms with E-state index in [4.69, 9.17) is 9.47 Å². The molecule has 13 heteroatoms. The number of ether oxygens (including phenoxy) is 2. The SMILES string of the molecule is CC(C)c1cnn2c(NC3CCC(C(=O)OC4CCN(C(=O)OCc5ccccc5)C4)CC3)nc(S(C)(=O)=O)nc12. The summed E-state index contributed by atoms with van der Waals surface area (Å²) in [6, 6.07) is 9.47. The van der Waals surface area contributed by atoms with Crippen LogP contribution in [0.5, 0.6) is 0 Å². The van der Waals surface area contributed by atoms with E-state index in [0.717, 1.165) is 17.4 Å². The summed E-state index contributed by atoms with van der Waals surface area (Å²) < 4.78 is 37.3. The van der Waals surface area contributed by atoms with E-state index in [1.807, 2.05) is 44.2 Å². The molecule has 220 valence electrons. The van der Waals surface area contributed by atoms with Gasteiger partial charge in [-0.15, -0.1) is 0 Å². The molecule has 1 unspecified atom stereocenters. The predicted molar refractivity (Wildman–Crippen MR) is 150 cm³/mol. The molecular weight excluding hydrogens is 548 g/mol. The number of likely N-dealkylation sites (tertiary alicyclic amines) is 1. The number of aromatic nitrogens is 4. The maximum atomic E-state index is 12.9. The van der Waals surface area contributed by atoms with Crippen molar-refractivity contribution in [3.05, 3.63) is 47.7 Å². The summed E-state index contributed by atoms with van der Waals surface area (Å²) in [5.41, 5.74) is 2.21. The molecule has 1 aromatic carbocycles. The highest BCUT2D eigenvalue weighted by molar-refractivity contribution is 7.90. The summed E-state index contributed by atoms with van der Waals surface area (Å²) in [7, 11) is -3.63. The van der Waals surface area contributed by atoms with Crippen LogP contribution in [0.25, 0.3) is 5.65 Å². The molecule has 3 heterocycles. The van der Waals surface area contributed by atoms with Gasteiger partial charge in [0.1, 0.15) is 12.7 Å². The fraction of sp³-hybridized carbons (Fsp3) is 0.536. The zero-order valence-corrected chi connectivity index (χ0v) is 24.3. The lowest BCUT2D eigenvalue weighted by molar-refractivity contribution is -0.154. The summed E-state index contributed by atoms with van der Waals surface area (Å²) >= 11 is 0. The number of carbonyl (C=O) groups excluding carboxylic acids is 2. The number of hydrogen-bond donors (Lipinski definition) is 1. The van der Waals surface area contributed by atoms with E-state index in [0.29, 0.717) is 56.8 Å². The molecule has 1 amide bonds. The minimum absolute atomic E-state index is 0.0161. The van der Waals surface area contributed by atoms with Crippen molar-refractivity contribution in [2.75, 3.05) is 24.7 Å². The summed E-state index contributed by atoms with van der Waals surface area (Å²) in [5.74, 6) is -0.0543. The molecule has 0 spiro atoms. The van der Waals surface area contributed by atoms with E-state index in [2.05, 4.69) is 20.4 Å². The molecule has 1 aliphatic carbocycles. The van der Waals surface area contributed by atoms with Crippen molar-refractivity contribution in [1.29, 1.82) is 0 Å². The van der Waals surface area contributed by atoms with E-state index in [-0.39, 0.29) is 41.7 Å². The van der Waals surface area contributed by atoms with Crippen LogP contribution in [0.15, 0.2) is 41.7 Å². The number of nitrogens with zero attached hydrogens (tertiary/aromatic N) is 5. The van der Waals surface area contributed by atoms with Crippen LogP contribution in [-0.2, 0) is 30.7 Å². The Morgan fingerprint density at radius 1 is 1.07 bits per heavy atom. The molecule has 2 aromatic heterocycles. The summed E-state index contributed by atoms with van der Waals surface area (Å²) in [6.07, 6.45) is 5.20. The number of amides is 1. The normalized spacial score (nSPS) is 21.3. The number of anilines is 1. The van der Waals surface area contributed by atoms with Gasteiger partial charge in [-0.3, -0.25) is 4.79 Å². The molecule has 3 aromatic rings. The van der Waals surface area contributed by atoms with E-state index in [1.165, 1.54) is 0 Å². The Hall–Kier alpha value is -3.74. The van der Waals surface area contributed by atoms with Crippen LogP contribution in [0, 0.1) is 5.92 Å². The number of rotatable bonds is 8. The molecule has 2 aliphatic rings. The molecule has 1 saturated carbocycles. The molecule has 1 N–H and O–H groups in total. The quantitative estimate of drug-likeness (QED) is 0.390. The first kappa shape index (κ1) is 28.8. The highest BCUT2D eigenvalue weighted by atomic mass is 32.2. The van der Waals surface area contributed by atoms with Gasteiger partial charge in [-0.2, -0.15) is 19.6 Å². The molecular formula is C28H36N6O6S. The van der Waals surface area contributed by atoms with Crippen molar-refractivity contribution in [3.63, 3.8) is 0 Å². The van der Waals surface area contributed by atoms with Crippen LogP contribution in [0.2, 0.25) is 0 Å². The van der Waals surface area contributed by atoms with Crippen LogP contribution in [0.1, 0.15) is 63.0 Å². The van der Waals surface area contributed by atoms with Crippen LogP contribution in [0.3, 0.4) is 0 Å². The minimum Gasteiger partial charge on any atom is -0.460 e. The van der Waals surface area contributed by atoms with Crippen molar-refractivity contribution in [2.45, 2.75) is 75.8 Å². The molecule has 2 fully saturated rings. The van der Waals surface area contributed by atoms with Crippen LogP contribution in [0.4, 0.5) is 10.7 Å². The van der Waals surface area contributed by atoms with Crippen molar-refractivity contribution in [1.82, 2.24) is 24.5 Å². The van der Waals surface area contributed by atoms with Gasteiger partial charge in [0, 0.05) is 30.8 Å². The second-order valence-electron chi connectivity index (χ2n) is 11.1. The first-order valence-corrected chi connectivity index (χ1v) is 15.9. The second kappa shape index (κ2) is 12.0. The monoisotopic (exact) mass is 584 g/mol. The Balaban J connectivity index is 1.13. The van der Waals surface area contributed by atoms with Crippen molar-refractivity contribution >= 4 is 33.5 Å². The van der Waals surface area contributed by atoms with Gasteiger partial charge in [-0.05, 0) is 37.2 Å². The number of hydrogen-bond acceptors (Lipinski definition) is 10. The highest BCUT2D eigenvalue weighted by Gasteiger charge is 2.34. The largest absolute Gasteiger partial charge is 0.460 e. The van der Waals surface area contributed by atoms with E-state index < -0.39 is 15.9 Å². The average Bonchev–Trinajstić information content (AvgIpc) is 3.60. The lowest BCUT2D eigenvalue weighted by Gasteiger charge is -2.29. The highest BCUT2D eigenvalue weighted by Crippen LogP contribution is 2.29. The third kappa shape index (κ3) is 6.77. The van der Waals surface area contributed by atoms with Gasteiger partial charge in [-0.25, -0.2) is 13.2 Å². The number of nitrogens with one attached hydrogen (secondary N) is 1. The van der Waals surface area contributed by atoms with Gasteiger partial charge in [0.05, 0.1) is 18.7 Å². The van der Waals surface area contributed by atoms with Crippen molar-refractivity contribution < 1.29 is 27.5 Å². The van der Waals surface area contributed by atoms with E-state index in [1.54, 1.807) is 15.6 Å². The fourth-order valence-corrected chi connectivity index (χ4v) is 5.76. The van der Waals surface area contributed by atoms with Gasteiger partial charge in [0.15, 0.2) is 5.65 Å². The smallest absolute Gasteiger partial charge is 0.410 e. The van der Waals surface area contributed by atoms with Gasteiger partial charge < -0.3 is 19.7 Å². The lowest BCUT2D eigenvalue weighted by atomic mass is 9.86. The Labute approximate surface area is 239 Å². The molecule has 0 radical (unpaired) electrons. The van der Waals surface area contributed by atoms with Gasteiger partial charge in [-0.1, -0.05) is 44.2 Å². The number of benzene rings is 1. The number of fused-ring (bicyclic) bond motifs is 1. The van der Waals surface area contributed by atoms with Gasteiger partial charge in [0.2, 0.25) is 15.8 Å². The Morgan fingerprint density at radius 2 is 1.80 bits per heavy atom. The number of esters is 1. The third-order valence-corrected chi connectivity index (χ3v) is 8.46. The van der Waals surface area contributed by atoms with E-state index >= 15 is 0 Å².